The predicted octanol–water partition coefficient (Wildman–Crippen LogP) is 3.03. The van der Waals surface area contributed by atoms with Gasteiger partial charge in [0.1, 0.15) is 34.8 Å². The number of para-hydroxylation sites is 1. The van der Waals surface area contributed by atoms with E-state index in [9.17, 15) is 13.5 Å². The maximum atomic E-state index is 13.0. The number of furan rings is 1. The maximum absolute atomic E-state index is 13.0. The lowest BCUT2D eigenvalue weighted by Crippen LogP contribution is -2.24. The van der Waals surface area contributed by atoms with Crippen molar-refractivity contribution in [3.05, 3.63) is 65.7 Å². The normalized spacial score (nSPS) is 12.4. The zero-order chi connectivity index (χ0) is 25.2. The number of hydrogen-bond donors (Lipinski definition) is 2. The number of nitrogens with zero attached hydrogens (tertiary/aromatic N) is 4. The van der Waals surface area contributed by atoms with E-state index in [-0.39, 0.29) is 17.5 Å². The van der Waals surface area contributed by atoms with E-state index in [1.807, 2.05) is 0 Å². The highest BCUT2D eigenvalue weighted by atomic mass is 32.2. The molecular weight excluding hydrogens is 474 g/mol. The van der Waals surface area contributed by atoms with Crippen LogP contribution in [0, 0.1) is 13.8 Å². The molecule has 0 saturated heterocycles. The molecule has 0 amide bonds. The minimum Gasteiger partial charge on any atom is -0.494 e. The second kappa shape index (κ2) is 9.76. The van der Waals surface area contributed by atoms with Gasteiger partial charge in [-0.25, -0.2) is 8.42 Å². The number of hydrogen-bond acceptors (Lipinski definition) is 9. The number of ether oxygens (including phenoxy) is 2. The lowest BCUT2D eigenvalue weighted by Gasteiger charge is -2.17. The standard InChI is InChI=1S/C23H25N5O6S/c1-14-7-5-8-16(24-14)17(29)13-35(30,31)27-23-26-25-22(20-12-11-15(2)34-20)28(23)21-18(32-3)9-6-10-19(21)33-4/h5-12,17,29H,13H2,1-4H3,(H,26,27)/t17-/m1/s1. The van der Waals surface area contributed by atoms with Gasteiger partial charge < -0.3 is 19.0 Å². The topological polar surface area (TPSA) is 142 Å². The van der Waals surface area contributed by atoms with Crippen LogP contribution in [0.3, 0.4) is 0 Å². The van der Waals surface area contributed by atoms with Crippen LogP contribution in [0.4, 0.5) is 5.95 Å². The molecule has 1 aromatic carbocycles. The number of aliphatic hydroxyl groups excluding tert-OH is 1. The van der Waals surface area contributed by atoms with Crippen LogP contribution in [0.5, 0.6) is 11.5 Å². The Morgan fingerprint density at radius 2 is 1.71 bits per heavy atom. The van der Waals surface area contributed by atoms with E-state index in [0.29, 0.717) is 34.4 Å². The van der Waals surface area contributed by atoms with Crippen LogP contribution in [-0.4, -0.2) is 53.2 Å². The SMILES string of the molecule is COc1cccc(OC)c1-n1c(NS(=O)(=O)C[C@@H](O)c2cccc(C)n2)nnc1-c1ccc(C)o1. The van der Waals surface area contributed by atoms with Gasteiger partial charge in [0.05, 0.1) is 19.9 Å². The lowest BCUT2D eigenvalue weighted by molar-refractivity contribution is 0.196. The average molecular weight is 500 g/mol. The summed E-state index contributed by atoms with van der Waals surface area (Å²) in [6, 6.07) is 13.6. The van der Waals surface area contributed by atoms with Crippen molar-refractivity contribution in [2.45, 2.75) is 20.0 Å². The van der Waals surface area contributed by atoms with Crippen molar-refractivity contribution in [3.8, 4) is 28.8 Å². The van der Waals surface area contributed by atoms with Crippen molar-refractivity contribution in [2.75, 3.05) is 24.7 Å². The number of pyridine rings is 1. The van der Waals surface area contributed by atoms with E-state index in [4.69, 9.17) is 13.9 Å². The molecule has 1 atom stereocenters. The number of benzene rings is 1. The van der Waals surface area contributed by atoms with Crippen LogP contribution >= 0.6 is 0 Å². The molecule has 4 rings (SSSR count). The first kappa shape index (κ1) is 24.2. The lowest BCUT2D eigenvalue weighted by atomic mass is 10.2. The number of rotatable bonds is 9. The fourth-order valence-corrected chi connectivity index (χ4v) is 4.63. The van der Waals surface area contributed by atoms with Crippen LogP contribution in [0.15, 0.2) is 52.9 Å². The molecular formula is C23H25N5O6S. The van der Waals surface area contributed by atoms with Gasteiger partial charge in [0.2, 0.25) is 21.8 Å². The number of aryl methyl sites for hydroxylation is 2. The van der Waals surface area contributed by atoms with Crippen molar-refractivity contribution < 1.29 is 27.4 Å². The number of aliphatic hydroxyl groups is 1. The van der Waals surface area contributed by atoms with Gasteiger partial charge in [-0.15, -0.1) is 10.2 Å². The summed E-state index contributed by atoms with van der Waals surface area (Å²) in [5.41, 5.74) is 1.27. The molecule has 0 saturated carbocycles. The van der Waals surface area contributed by atoms with Gasteiger partial charge in [-0.3, -0.25) is 14.3 Å². The number of anilines is 1. The van der Waals surface area contributed by atoms with Crippen molar-refractivity contribution in [2.24, 2.45) is 0 Å². The van der Waals surface area contributed by atoms with Gasteiger partial charge in [-0.05, 0) is 50.2 Å². The molecule has 0 fully saturated rings. The molecule has 12 heteroatoms. The van der Waals surface area contributed by atoms with E-state index in [1.54, 1.807) is 62.4 Å². The van der Waals surface area contributed by atoms with Crippen LogP contribution < -0.4 is 14.2 Å². The third-order valence-corrected chi connectivity index (χ3v) is 6.37. The highest BCUT2D eigenvalue weighted by Crippen LogP contribution is 2.38. The summed E-state index contributed by atoms with van der Waals surface area (Å²) in [6.45, 7) is 3.53. The Kier molecular flexibility index (Phi) is 6.76. The number of methoxy groups -OCH3 is 2. The van der Waals surface area contributed by atoms with Gasteiger partial charge >= 0.3 is 0 Å². The van der Waals surface area contributed by atoms with Crippen molar-refractivity contribution in [1.82, 2.24) is 19.7 Å². The first-order chi connectivity index (χ1) is 16.7. The molecule has 0 aliphatic heterocycles. The van der Waals surface area contributed by atoms with Crippen LogP contribution in [-0.2, 0) is 10.0 Å². The summed E-state index contributed by atoms with van der Waals surface area (Å²) in [4.78, 5) is 4.20. The van der Waals surface area contributed by atoms with Crippen LogP contribution in [0.2, 0.25) is 0 Å². The summed E-state index contributed by atoms with van der Waals surface area (Å²) in [5, 5.41) is 18.7. The van der Waals surface area contributed by atoms with Crippen molar-refractivity contribution in [3.63, 3.8) is 0 Å². The van der Waals surface area contributed by atoms with E-state index in [0.717, 1.165) is 0 Å². The fraction of sp³-hybridized carbons (Fsp3) is 0.261. The molecule has 0 bridgehead atoms. The monoisotopic (exact) mass is 499 g/mol. The van der Waals surface area contributed by atoms with Crippen molar-refractivity contribution >= 4 is 16.0 Å². The van der Waals surface area contributed by atoms with Gasteiger partial charge in [0.25, 0.3) is 0 Å². The highest BCUT2D eigenvalue weighted by Gasteiger charge is 2.28. The van der Waals surface area contributed by atoms with Crippen LogP contribution in [0.1, 0.15) is 23.3 Å². The summed E-state index contributed by atoms with van der Waals surface area (Å²) < 4.78 is 46.7. The van der Waals surface area contributed by atoms with Gasteiger partial charge in [0.15, 0.2) is 5.76 Å². The minimum atomic E-state index is -4.10. The first-order valence-electron chi connectivity index (χ1n) is 10.6. The maximum Gasteiger partial charge on any atom is 0.243 e. The first-order valence-corrected chi connectivity index (χ1v) is 12.2. The zero-order valence-corrected chi connectivity index (χ0v) is 20.4. The second-order valence-electron chi connectivity index (χ2n) is 7.71. The molecule has 0 unspecified atom stereocenters. The molecule has 4 aromatic rings. The predicted molar refractivity (Wildman–Crippen MR) is 128 cm³/mol. The van der Waals surface area contributed by atoms with Gasteiger partial charge in [0, 0.05) is 5.69 Å². The third-order valence-electron chi connectivity index (χ3n) is 5.12. The average Bonchev–Trinajstić information content (AvgIpc) is 3.43. The molecule has 184 valence electrons. The van der Waals surface area contributed by atoms with E-state index in [2.05, 4.69) is 19.9 Å². The third kappa shape index (κ3) is 5.12. The summed E-state index contributed by atoms with van der Waals surface area (Å²) >= 11 is 0. The van der Waals surface area contributed by atoms with Crippen LogP contribution in [0.25, 0.3) is 17.3 Å². The van der Waals surface area contributed by atoms with E-state index >= 15 is 0 Å². The zero-order valence-electron chi connectivity index (χ0n) is 19.6. The van der Waals surface area contributed by atoms with E-state index < -0.39 is 21.9 Å². The molecule has 3 heterocycles. The Labute approximate surface area is 202 Å². The molecule has 2 N–H and O–H groups in total. The highest BCUT2D eigenvalue weighted by molar-refractivity contribution is 7.92. The Hall–Kier alpha value is -3.90. The smallest absolute Gasteiger partial charge is 0.243 e. The Morgan fingerprint density at radius 1 is 1.03 bits per heavy atom. The molecule has 0 aliphatic rings. The summed E-state index contributed by atoms with van der Waals surface area (Å²) in [7, 11) is -1.14. The Bertz CT molecular complexity index is 1420. The molecule has 0 radical (unpaired) electrons. The Morgan fingerprint density at radius 3 is 2.31 bits per heavy atom. The molecule has 35 heavy (non-hydrogen) atoms. The molecule has 0 aliphatic carbocycles. The largest absolute Gasteiger partial charge is 0.494 e. The van der Waals surface area contributed by atoms with Gasteiger partial charge in [-0.1, -0.05) is 12.1 Å². The minimum absolute atomic E-state index is 0.138. The summed E-state index contributed by atoms with van der Waals surface area (Å²) in [5.74, 6) is 1.21. The van der Waals surface area contributed by atoms with Gasteiger partial charge in [-0.2, -0.15) is 0 Å². The number of aromatic nitrogens is 4. The number of sulfonamides is 1. The summed E-state index contributed by atoms with van der Waals surface area (Å²) in [6.07, 6.45) is -1.35. The van der Waals surface area contributed by atoms with Crippen molar-refractivity contribution in [1.29, 1.82) is 0 Å². The fourth-order valence-electron chi connectivity index (χ4n) is 3.55. The molecule has 3 aromatic heterocycles. The second-order valence-corrected chi connectivity index (χ2v) is 9.47. The number of nitrogens with one attached hydrogen (secondary N) is 1. The molecule has 0 spiro atoms. The Balaban J connectivity index is 1.78. The van der Waals surface area contributed by atoms with E-state index in [1.165, 1.54) is 18.8 Å². The quantitative estimate of drug-likeness (QED) is 0.355. The molecule has 11 nitrogen and oxygen atoms in total.